The Morgan fingerprint density at radius 1 is 1.24 bits per heavy atom. The van der Waals surface area contributed by atoms with E-state index >= 15 is 0 Å². The zero-order valence-corrected chi connectivity index (χ0v) is 11.8. The van der Waals surface area contributed by atoms with Gasteiger partial charge in [-0.2, -0.15) is 0 Å². The second-order valence-corrected chi connectivity index (χ2v) is 6.98. The zero-order valence-electron chi connectivity index (χ0n) is 11.8. The summed E-state index contributed by atoms with van der Waals surface area (Å²) in [5.74, 6) is 0.850. The van der Waals surface area contributed by atoms with Gasteiger partial charge in [0.05, 0.1) is 11.7 Å². The van der Waals surface area contributed by atoms with Crippen molar-refractivity contribution in [3.8, 4) is 0 Å². The Labute approximate surface area is 106 Å². The number of hydrogen-bond acceptors (Lipinski definition) is 2. The first-order valence-corrected chi connectivity index (χ1v) is 7.39. The Kier molecular flexibility index (Phi) is 3.84. The van der Waals surface area contributed by atoms with Gasteiger partial charge in [-0.1, -0.05) is 26.2 Å². The van der Waals surface area contributed by atoms with E-state index in [0.717, 1.165) is 12.3 Å². The van der Waals surface area contributed by atoms with Crippen molar-refractivity contribution in [2.24, 2.45) is 11.7 Å². The monoisotopic (exact) mass is 239 g/mol. The van der Waals surface area contributed by atoms with E-state index in [9.17, 15) is 0 Å². The van der Waals surface area contributed by atoms with Crippen LogP contribution in [0.1, 0.15) is 72.1 Å². The van der Waals surface area contributed by atoms with E-state index in [1.165, 1.54) is 44.9 Å². The summed E-state index contributed by atoms with van der Waals surface area (Å²) in [4.78, 5) is 0. The molecule has 0 aromatic rings. The number of ether oxygens (including phenoxy) is 1. The molecule has 2 heteroatoms. The third-order valence-electron chi connectivity index (χ3n) is 4.75. The Bertz CT molecular complexity index is 264. The van der Waals surface area contributed by atoms with Gasteiger partial charge in [0.25, 0.3) is 0 Å². The highest BCUT2D eigenvalue weighted by Crippen LogP contribution is 2.39. The molecule has 1 aliphatic heterocycles. The second-order valence-electron chi connectivity index (χ2n) is 6.98. The quantitative estimate of drug-likeness (QED) is 0.816. The minimum absolute atomic E-state index is 0.0595. The lowest BCUT2D eigenvalue weighted by Crippen LogP contribution is -2.47. The fraction of sp³-hybridized carbons (Fsp3) is 1.00. The van der Waals surface area contributed by atoms with E-state index in [2.05, 4.69) is 20.8 Å². The molecule has 17 heavy (non-hydrogen) atoms. The van der Waals surface area contributed by atoms with Crippen LogP contribution in [0.5, 0.6) is 0 Å². The molecule has 1 aliphatic carbocycles. The van der Waals surface area contributed by atoms with Crippen molar-refractivity contribution in [3.63, 3.8) is 0 Å². The van der Waals surface area contributed by atoms with Crippen molar-refractivity contribution in [2.75, 3.05) is 0 Å². The van der Waals surface area contributed by atoms with Crippen molar-refractivity contribution in [2.45, 2.75) is 89.4 Å². The lowest BCUT2D eigenvalue weighted by Gasteiger charge is -2.39. The predicted molar refractivity (Wildman–Crippen MR) is 72.0 cm³/mol. The second kappa shape index (κ2) is 4.89. The van der Waals surface area contributed by atoms with E-state index in [-0.39, 0.29) is 11.1 Å². The van der Waals surface area contributed by atoms with Crippen LogP contribution < -0.4 is 5.73 Å². The van der Waals surface area contributed by atoms with Crippen LogP contribution in [0.15, 0.2) is 0 Å². The van der Waals surface area contributed by atoms with Crippen LogP contribution in [0.25, 0.3) is 0 Å². The van der Waals surface area contributed by atoms with Gasteiger partial charge >= 0.3 is 0 Å². The molecule has 2 N–H and O–H groups in total. The van der Waals surface area contributed by atoms with Gasteiger partial charge in [0, 0.05) is 5.54 Å². The van der Waals surface area contributed by atoms with Gasteiger partial charge in [0.1, 0.15) is 0 Å². The van der Waals surface area contributed by atoms with Gasteiger partial charge in [0.15, 0.2) is 0 Å². The summed E-state index contributed by atoms with van der Waals surface area (Å²) < 4.78 is 6.11. The maximum Gasteiger partial charge on any atom is 0.0631 e. The Hall–Kier alpha value is -0.0800. The standard InChI is InChI=1S/C15H29NO/c1-4-12-6-5-8-15(16,10-12)11-13-7-9-14(2,3)17-13/h12-13H,4-11,16H2,1-3H3. The Morgan fingerprint density at radius 3 is 2.59 bits per heavy atom. The Balaban J connectivity index is 1.89. The fourth-order valence-electron chi connectivity index (χ4n) is 3.73. The molecule has 1 saturated heterocycles. The van der Waals surface area contributed by atoms with Gasteiger partial charge in [-0.3, -0.25) is 0 Å². The molecule has 0 aromatic carbocycles. The van der Waals surface area contributed by atoms with E-state index in [1.807, 2.05) is 0 Å². The van der Waals surface area contributed by atoms with Gasteiger partial charge in [-0.15, -0.1) is 0 Å². The maximum absolute atomic E-state index is 6.61. The predicted octanol–water partition coefficient (Wildman–Crippen LogP) is 3.63. The zero-order chi connectivity index (χ0) is 12.5. The first kappa shape index (κ1) is 13.4. The average Bonchev–Trinajstić information content (AvgIpc) is 2.57. The molecule has 0 radical (unpaired) electrons. The van der Waals surface area contributed by atoms with Gasteiger partial charge in [-0.05, 0) is 51.9 Å². The maximum atomic E-state index is 6.61. The molecule has 100 valence electrons. The summed E-state index contributed by atoms with van der Waals surface area (Å²) in [6.07, 6.45) is 10.3. The van der Waals surface area contributed by atoms with Crippen LogP contribution in [-0.2, 0) is 4.74 Å². The normalized spacial score (nSPS) is 41.6. The van der Waals surface area contributed by atoms with Crippen LogP contribution in [0.3, 0.4) is 0 Å². The summed E-state index contributed by atoms with van der Waals surface area (Å²) in [5.41, 5.74) is 6.76. The Morgan fingerprint density at radius 2 is 2.00 bits per heavy atom. The van der Waals surface area contributed by atoms with Crippen molar-refractivity contribution >= 4 is 0 Å². The minimum Gasteiger partial charge on any atom is -0.372 e. The van der Waals surface area contributed by atoms with Crippen molar-refractivity contribution in [1.82, 2.24) is 0 Å². The molecule has 2 aliphatic rings. The first-order valence-electron chi connectivity index (χ1n) is 7.39. The van der Waals surface area contributed by atoms with Crippen molar-refractivity contribution < 1.29 is 4.74 Å². The van der Waals surface area contributed by atoms with E-state index in [4.69, 9.17) is 10.5 Å². The summed E-state index contributed by atoms with van der Waals surface area (Å²) in [7, 11) is 0. The van der Waals surface area contributed by atoms with Crippen LogP contribution in [0.4, 0.5) is 0 Å². The van der Waals surface area contributed by atoms with E-state index in [0.29, 0.717) is 6.10 Å². The molecule has 1 heterocycles. The molecular formula is C15H29NO. The highest BCUT2D eigenvalue weighted by atomic mass is 16.5. The number of nitrogens with two attached hydrogens (primary N) is 1. The lowest BCUT2D eigenvalue weighted by atomic mass is 9.72. The smallest absolute Gasteiger partial charge is 0.0631 e. The third kappa shape index (κ3) is 3.45. The molecular weight excluding hydrogens is 210 g/mol. The highest BCUT2D eigenvalue weighted by Gasteiger charge is 2.39. The molecule has 2 fully saturated rings. The number of rotatable bonds is 3. The molecule has 2 rings (SSSR count). The molecule has 0 aromatic heterocycles. The highest BCUT2D eigenvalue weighted by molar-refractivity contribution is 4.94. The van der Waals surface area contributed by atoms with Crippen LogP contribution in [0.2, 0.25) is 0 Å². The molecule has 3 atom stereocenters. The van der Waals surface area contributed by atoms with Gasteiger partial charge in [0.2, 0.25) is 0 Å². The lowest BCUT2D eigenvalue weighted by molar-refractivity contribution is -0.0312. The molecule has 0 amide bonds. The topological polar surface area (TPSA) is 35.2 Å². The summed E-state index contributed by atoms with van der Waals surface area (Å²) in [6.45, 7) is 6.70. The largest absolute Gasteiger partial charge is 0.372 e. The number of hydrogen-bond donors (Lipinski definition) is 1. The SMILES string of the molecule is CCC1CCCC(N)(CC2CCC(C)(C)O2)C1. The molecule has 2 nitrogen and oxygen atoms in total. The third-order valence-corrected chi connectivity index (χ3v) is 4.75. The molecule has 0 bridgehead atoms. The minimum atomic E-state index is 0.0595. The van der Waals surface area contributed by atoms with Crippen LogP contribution >= 0.6 is 0 Å². The molecule has 0 spiro atoms. The summed E-state index contributed by atoms with van der Waals surface area (Å²) in [5, 5.41) is 0. The van der Waals surface area contributed by atoms with E-state index < -0.39 is 0 Å². The van der Waals surface area contributed by atoms with Crippen LogP contribution in [0, 0.1) is 5.92 Å². The fourth-order valence-corrected chi connectivity index (χ4v) is 3.73. The first-order chi connectivity index (χ1) is 7.92. The van der Waals surface area contributed by atoms with E-state index in [1.54, 1.807) is 0 Å². The van der Waals surface area contributed by atoms with Gasteiger partial charge in [-0.25, -0.2) is 0 Å². The van der Waals surface area contributed by atoms with Crippen LogP contribution in [-0.4, -0.2) is 17.2 Å². The molecule has 3 unspecified atom stereocenters. The van der Waals surface area contributed by atoms with Crippen molar-refractivity contribution in [3.05, 3.63) is 0 Å². The molecule has 1 saturated carbocycles. The summed E-state index contributed by atoms with van der Waals surface area (Å²) in [6, 6.07) is 0. The van der Waals surface area contributed by atoms with Crippen molar-refractivity contribution in [1.29, 1.82) is 0 Å². The van der Waals surface area contributed by atoms with Gasteiger partial charge < -0.3 is 10.5 Å². The average molecular weight is 239 g/mol. The summed E-state index contributed by atoms with van der Waals surface area (Å²) >= 11 is 0.